The molecule has 0 heterocycles. The van der Waals surface area contributed by atoms with Gasteiger partial charge >= 0.3 is 11.9 Å². The van der Waals surface area contributed by atoms with Gasteiger partial charge in [-0.2, -0.15) is 4.89 Å². The Hall–Kier alpha value is -2.70. The van der Waals surface area contributed by atoms with E-state index in [2.05, 4.69) is 0 Å². The molecule has 1 aliphatic carbocycles. The van der Waals surface area contributed by atoms with Crippen LogP contribution in [0.1, 0.15) is 46.5 Å². The minimum absolute atomic E-state index is 0.115. The summed E-state index contributed by atoms with van der Waals surface area (Å²) in [6.07, 6.45) is -0.997. The van der Waals surface area contributed by atoms with Crippen molar-refractivity contribution in [3.8, 4) is 0 Å². The first-order valence-electron chi connectivity index (χ1n) is 8.32. The molecule has 2 aromatic rings. The second kappa shape index (κ2) is 6.90. The highest BCUT2D eigenvalue weighted by Crippen LogP contribution is 2.43. The van der Waals surface area contributed by atoms with Gasteiger partial charge in [0.1, 0.15) is 0 Å². The van der Waals surface area contributed by atoms with E-state index in [1.165, 1.54) is 0 Å². The van der Waals surface area contributed by atoms with Crippen molar-refractivity contribution in [1.82, 2.24) is 0 Å². The molecule has 0 bridgehead atoms. The van der Waals surface area contributed by atoms with Crippen LogP contribution in [0.2, 0.25) is 0 Å². The molecule has 0 radical (unpaired) electrons. The summed E-state index contributed by atoms with van der Waals surface area (Å²) in [5.74, 6) is -2.09. The molecule has 1 atom stereocenters. The number of hydrogen-bond donors (Lipinski definition) is 1. The maximum absolute atomic E-state index is 12.9. The first kappa shape index (κ1) is 18.1. The van der Waals surface area contributed by atoms with Gasteiger partial charge in [-0.1, -0.05) is 55.8 Å². The number of rotatable bonds is 4. The smallest absolute Gasteiger partial charge is 0.434 e. The first-order chi connectivity index (χ1) is 12.4. The van der Waals surface area contributed by atoms with Crippen LogP contribution in [0.25, 0.3) is 0 Å². The average Bonchev–Trinajstić information content (AvgIpc) is 2.63. The Labute approximate surface area is 151 Å². The summed E-state index contributed by atoms with van der Waals surface area (Å²) in [7, 11) is 0. The molecule has 136 valence electrons. The zero-order chi connectivity index (χ0) is 18.9. The number of hydrogen-bond acceptors (Lipinski definition) is 6. The molecule has 26 heavy (non-hydrogen) atoms. The van der Waals surface area contributed by atoms with Crippen LogP contribution in [0.3, 0.4) is 0 Å². The topological polar surface area (TPSA) is 82.1 Å². The van der Waals surface area contributed by atoms with Crippen LogP contribution in [0.4, 0.5) is 4.79 Å². The minimum atomic E-state index is -1.97. The van der Waals surface area contributed by atoms with E-state index in [1.54, 1.807) is 42.5 Å². The normalized spacial score (nSPS) is 18.3. The molecule has 0 fully saturated rings. The molecule has 6 heteroatoms. The van der Waals surface area contributed by atoms with Gasteiger partial charge in [-0.15, -0.1) is 0 Å². The Morgan fingerprint density at radius 2 is 1.81 bits per heavy atom. The van der Waals surface area contributed by atoms with Crippen molar-refractivity contribution in [1.29, 1.82) is 0 Å². The van der Waals surface area contributed by atoms with Crippen molar-refractivity contribution in [3.63, 3.8) is 0 Å². The van der Waals surface area contributed by atoms with E-state index < -0.39 is 11.9 Å². The van der Waals surface area contributed by atoms with Crippen molar-refractivity contribution in [2.24, 2.45) is 5.92 Å². The third kappa shape index (κ3) is 2.98. The standard InChI is InChI=1S/C20H20O6/c1-12(2)11-24-19(22)25-20(26-23)16-7-5-4-6-14(16)18(21)15-10-13(3)8-9-17(15)20/h4-10,12,23H,11H2,1-3H3. The average molecular weight is 356 g/mol. The molecule has 1 aliphatic rings. The Morgan fingerprint density at radius 3 is 2.50 bits per heavy atom. The van der Waals surface area contributed by atoms with Gasteiger partial charge in [-0.3, -0.25) is 4.79 Å². The summed E-state index contributed by atoms with van der Waals surface area (Å²) < 4.78 is 10.5. The van der Waals surface area contributed by atoms with Crippen molar-refractivity contribution < 1.29 is 29.2 Å². The molecular weight excluding hydrogens is 336 g/mol. The van der Waals surface area contributed by atoms with Crippen molar-refractivity contribution >= 4 is 11.9 Å². The van der Waals surface area contributed by atoms with Gasteiger partial charge in [-0.25, -0.2) is 10.1 Å². The Kier molecular flexibility index (Phi) is 4.80. The Balaban J connectivity index is 2.13. The zero-order valence-corrected chi connectivity index (χ0v) is 14.8. The molecule has 6 nitrogen and oxygen atoms in total. The lowest BCUT2D eigenvalue weighted by molar-refractivity contribution is -0.383. The maximum atomic E-state index is 12.9. The van der Waals surface area contributed by atoms with Gasteiger partial charge in [0.05, 0.1) is 6.61 Å². The molecule has 2 aromatic carbocycles. The quantitative estimate of drug-likeness (QED) is 0.385. The maximum Gasteiger partial charge on any atom is 0.511 e. The van der Waals surface area contributed by atoms with E-state index in [1.807, 2.05) is 20.8 Å². The third-order valence-corrected chi connectivity index (χ3v) is 4.19. The summed E-state index contributed by atoms with van der Waals surface area (Å²) in [5, 5.41) is 9.77. The van der Waals surface area contributed by atoms with Crippen molar-refractivity contribution in [2.45, 2.75) is 26.6 Å². The van der Waals surface area contributed by atoms with E-state index in [9.17, 15) is 14.8 Å². The highest BCUT2D eigenvalue weighted by atomic mass is 17.2. The van der Waals surface area contributed by atoms with Gasteiger partial charge in [0.15, 0.2) is 5.78 Å². The van der Waals surface area contributed by atoms with Crippen LogP contribution in [0.15, 0.2) is 42.5 Å². The Morgan fingerprint density at radius 1 is 1.12 bits per heavy atom. The third-order valence-electron chi connectivity index (χ3n) is 4.19. The first-order valence-corrected chi connectivity index (χ1v) is 8.32. The number of aryl methyl sites for hydroxylation is 1. The predicted octanol–water partition coefficient (Wildman–Crippen LogP) is 4.04. The summed E-state index contributed by atoms with van der Waals surface area (Å²) in [6, 6.07) is 11.5. The molecule has 0 spiro atoms. The summed E-state index contributed by atoms with van der Waals surface area (Å²) in [6.45, 7) is 5.77. The van der Waals surface area contributed by atoms with Crippen LogP contribution in [0.5, 0.6) is 0 Å². The lowest BCUT2D eigenvalue weighted by Crippen LogP contribution is -2.42. The molecule has 0 aliphatic heterocycles. The lowest BCUT2D eigenvalue weighted by Gasteiger charge is -2.35. The van der Waals surface area contributed by atoms with E-state index in [0.29, 0.717) is 5.56 Å². The molecule has 0 saturated carbocycles. The van der Waals surface area contributed by atoms with E-state index in [-0.39, 0.29) is 35.0 Å². The molecule has 1 N–H and O–H groups in total. The van der Waals surface area contributed by atoms with Crippen LogP contribution in [-0.4, -0.2) is 23.8 Å². The fourth-order valence-corrected chi connectivity index (χ4v) is 3.00. The van der Waals surface area contributed by atoms with Crippen LogP contribution >= 0.6 is 0 Å². The number of ether oxygens (including phenoxy) is 2. The predicted molar refractivity (Wildman–Crippen MR) is 92.8 cm³/mol. The molecule has 0 aromatic heterocycles. The highest BCUT2D eigenvalue weighted by molar-refractivity contribution is 6.13. The molecule has 0 saturated heterocycles. The van der Waals surface area contributed by atoms with Crippen LogP contribution in [0, 0.1) is 12.8 Å². The fourth-order valence-electron chi connectivity index (χ4n) is 3.00. The second-order valence-electron chi connectivity index (χ2n) is 6.69. The molecule has 0 amide bonds. The van der Waals surface area contributed by atoms with Gasteiger partial charge in [0.2, 0.25) is 0 Å². The van der Waals surface area contributed by atoms with Crippen LogP contribution in [-0.2, 0) is 20.1 Å². The van der Waals surface area contributed by atoms with Gasteiger partial charge in [0.25, 0.3) is 0 Å². The van der Waals surface area contributed by atoms with E-state index in [0.717, 1.165) is 5.56 Å². The number of carbonyl (C=O) groups excluding carboxylic acids is 2. The van der Waals surface area contributed by atoms with E-state index >= 15 is 0 Å². The number of carbonyl (C=O) groups is 2. The van der Waals surface area contributed by atoms with Crippen molar-refractivity contribution in [3.05, 3.63) is 70.3 Å². The largest absolute Gasteiger partial charge is 0.511 e. The minimum Gasteiger partial charge on any atom is -0.434 e. The summed E-state index contributed by atoms with van der Waals surface area (Å²) >= 11 is 0. The molecular formula is C20H20O6. The van der Waals surface area contributed by atoms with Crippen molar-refractivity contribution in [2.75, 3.05) is 6.61 Å². The number of fused-ring (bicyclic) bond motifs is 2. The molecule has 1 unspecified atom stereocenters. The zero-order valence-electron chi connectivity index (χ0n) is 14.8. The lowest BCUT2D eigenvalue weighted by atomic mass is 9.80. The van der Waals surface area contributed by atoms with Crippen LogP contribution < -0.4 is 0 Å². The van der Waals surface area contributed by atoms with E-state index in [4.69, 9.17) is 14.4 Å². The van der Waals surface area contributed by atoms with Gasteiger partial charge < -0.3 is 9.47 Å². The summed E-state index contributed by atoms with van der Waals surface area (Å²) in [5.41, 5.74) is 1.93. The second-order valence-corrected chi connectivity index (χ2v) is 6.69. The number of benzene rings is 2. The molecule has 3 rings (SSSR count). The highest BCUT2D eigenvalue weighted by Gasteiger charge is 2.49. The summed E-state index contributed by atoms with van der Waals surface area (Å²) in [4.78, 5) is 29.8. The fraction of sp³-hybridized carbons (Fsp3) is 0.300. The SMILES string of the molecule is Cc1ccc2c(c1)C(=O)c1ccccc1C2(OO)OC(=O)OCC(C)C. The Bertz CT molecular complexity index is 857. The monoisotopic (exact) mass is 356 g/mol. The van der Waals surface area contributed by atoms with Gasteiger partial charge in [0, 0.05) is 22.3 Å². The number of ketones is 1. The van der Waals surface area contributed by atoms with Gasteiger partial charge in [-0.05, 0) is 18.9 Å².